The molecule has 0 spiro atoms. The Morgan fingerprint density at radius 1 is 1.56 bits per heavy atom. The Balaban J connectivity index is 2.04. The number of methoxy groups -OCH3 is 1. The molecule has 16 heavy (non-hydrogen) atoms. The highest BCUT2D eigenvalue weighted by molar-refractivity contribution is 5.98. The lowest BCUT2D eigenvalue weighted by atomic mass is 10.1. The van der Waals surface area contributed by atoms with Crippen LogP contribution in [0.2, 0.25) is 0 Å². The summed E-state index contributed by atoms with van der Waals surface area (Å²) in [6.45, 7) is 1.08. The number of nitrogens with zero attached hydrogens (tertiary/aromatic N) is 1. The smallest absolute Gasteiger partial charge is 0.182 e. The molecule has 1 aromatic rings. The van der Waals surface area contributed by atoms with Crippen LogP contribution in [0.25, 0.3) is 0 Å². The molecule has 1 aliphatic heterocycles. The first-order valence-electron chi connectivity index (χ1n) is 5.11. The van der Waals surface area contributed by atoms with Gasteiger partial charge in [0, 0.05) is 18.0 Å². The minimum absolute atomic E-state index is 0.0900. The summed E-state index contributed by atoms with van der Waals surface area (Å²) in [5.41, 5.74) is 0.680. The second-order valence-electron chi connectivity index (χ2n) is 3.58. The van der Waals surface area contributed by atoms with Crippen LogP contribution in [0.5, 0.6) is 5.75 Å². The molecule has 1 heterocycles. The third-order valence-electron chi connectivity index (χ3n) is 2.44. The lowest BCUT2D eigenvalue weighted by Gasteiger charge is -2.13. The molecule has 0 fully saturated rings. The molecule has 0 amide bonds. The van der Waals surface area contributed by atoms with Crippen molar-refractivity contribution in [3.05, 3.63) is 42.2 Å². The maximum absolute atomic E-state index is 11.9. The summed E-state index contributed by atoms with van der Waals surface area (Å²) < 4.78 is 5.08. The van der Waals surface area contributed by atoms with Gasteiger partial charge in [-0.05, 0) is 12.1 Å². The average molecular weight is 218 g/mol. The van der Waals surface area contributed by atoms with Crippen LogP contribution in [-0.2, 0) is 0 Å². The zero-order valence-corrected chi connectivity index (χ0v) is 9.14. The number of Topliss-reactive ketones (excluding diaryl/α,β-unsaturated/α-hetero) is 1. The quantitative estimate of drug-likeness (QED) is 0.771. The van der Waals surface area contributed by atoms with Crippen molar-refractivity contribution in [1.29, 1.82) is 0 Å². The van der Waals surface area contributed by atoms with Gasteiger partial charge >= 0.3 is 0 Å². The maximum Gasteiger partial charge on any atom is 0.182 e. The summed E-state index contributed by atoms with van der Waals surface area (Å²) in [5, 5.41) is 3.02. The van der Waals surface area contributed by atoms with Crippen molar-refractivity contribution in [1.82, 2.24) is 10.2 Å². The first-order chi connectivity index (χ1) is 7.79. The van der Waals surface area contributed by atoms with Gasteiger partial charge in [0.1, 0.15) is 5.75 Å². The molecule has 4 heteroatoms. The van der Waals surface area contributed by atoms with Crippen LogP contribution in [0.3, 0.4) is 0 Å². The van der Waals surface area contributed by atoms with E-state index < -0.39 is 0 Å². The van der Waals surface area contributed by atoms with Crippen LogP contribution in [0.4, 0.5) is 0 Å². The molecular weight excluding hydrogens is 204 g/mol. The topological polar surface area (TPSA) is 41.6 Å². The van der Waals surface area contributed by atoms with E-state index in [0.29, 0.717) is 24.5 Å². The van der Waals surface area contributed by atoms with Gasteiger partial charge in [0.15, 0.2) is 5.78 Å². The highest BCUT2D eigenvalue weighted by Crippen LogP contribution is 2.13. The molecule has 0 radical (unpaired) electrons. The molecule has 0 unspecified atom stereocenters. The summed E-state index contributed by atoms with van der Waals surface area (Å²) in [4.78, 5) is 13.8. The van der Waals surface area contributed by atoms with Gasteiger partial charge < -0.3 is 15.0 Å². The van der Waals surface area contributed by atoms with Crippen molar-refractivity contribution in [3.8, 4) is 5.75 Å². The van der Waals surface area contributed by atoms with Gasteiger partial charge in [-0.2, -0.15) is 0 Å². The van der Waals surface area contributed by atoms with Crippen molar-refractivity contribution < 1.29 is 9.53 Å². The van der Waals surface area contributed by atoms with E-state index in [0.717, 1.165) is 0 Å². The Hall–Kier alpha value is -1.97. The number of nitrogens with one attached hydrogen (secondary N) is 1. The number of carbonyl (C=O) groups excluding carboxylic acids is 1. The lowest BCUT2D eigenvalue weighted by Crippen LogP contribution is -2.27. The van der Waals surface area contributed by atoms with Crippen LogP contribution in [-0.4, -0.2) is 31.0 Å². The van der Waals surface area contributed by atoms with Crippen LogP contribution in [0.1, 0.15) is 10.4 Å². The molecule has 0 saturated heterocycles. The predicted octanol–water partition coefficient (Wildman–Crippen LogP) is 1.21. The molecule has 0 bridgehead atoms. The largest absolute Gasteiger partial charge is 0.497 e. The van der Waals surface area contributed by atoms with E-state index in [9.17, 15) is 4.79 Å². The molecular formula is C12H14N2O2. The minimum Gasteiger partial charge on any atom is -0.497 e. The Bertz CT molecular complexity index is 415. The van der Waals surface area contributed by atoms with E-state index in [1.165, 1.54) is 0 Å². The molecule has 1 aliphatic rings. The van der Waals surface area contributed by atoms with Gasteiger partial charge in [0.25, 0.3) is 0 Å². The van der Waals surface area contributed by atoms with Crippen molar-refractivity contribution in [2.45, 2.75) is 0 Å². The Morgan fingerprint density at radius 2 is 2.44 bits per heavy atom. The van der Waals surface area contributed by atoms with E-state index >= 15 is 0 Å². The number of carbonyl (C=O) groups is 1. The Morgan fingerprint density at radius 3 is 3.12 bits per heavy atom. The molecule has 4 nitrogen and oxygen atoms in total. The van der Waals surface area contributed by atoms with Crippen molar-refractivity contribution in [3.63, 3.8) is 0 Å². The summed E-state index contributed by atoms with van der Waals surface area (Å²) in [5.74, 6) is 0.799. The number of ether oxygens (including phenoxy) is 1. The van der Waals surface area contributed by atoms with E-state index in [1.54, 1.807) is 19.2 Å². The summed E-state index contributed by atoms with van der Waals surface area (Å²) in [6.07, 6.45) is 3.71. The van der Waals surface area contributed by atoms with Crippen LogP contribution in [0, 0.1) is 0 Å². The van der Waals surface area contributed by atoms with E-state index in [4.69, 9.17) is 4.74 Å². The molecule has 0 aromatic heterocycles. The Labute approximate surface area is 94.5 Å². The van der Waals surface area contributed by atoms with Gasteiger partial charge in [-0.25, -0.2) is 0 Å². The fourth-order valence-electron chi connectivity index (χ4n) is 1.56. The van der Waals surface area contributed by atoms with Gasteiger partial charge in [0.2, 0.25) is 0 Å². The normalized spacial score (nSPS) is 13.7. The molecule has 1 aromatic carbocycles. The number of hydrogen-bond donors (Lipinski definition) is 1. The standard InChI is InChI=1S/C12H14N2O2/c1-16-11-4-2-3-10(7-11)12(15)8-14-6-5-13-9-14/h2-7,13H,8-9H2,1H3. The van der Waals surface area contributed by atoms with Crippen molar-refractivity contribution in [2.24, 2.45) is 0 Å². The molecule has 0 aliphatic carbocycles. The third-order valence-corrected chi connectivity index (χ3v) is 2.44. The highest BCUT2D eigenvalue weighted by atomic mass is 16.5. The summed E-state index contributed by atoms with van der Waals surface area (Å²) >= 11 is 0. The SMILES string of the molecule is COc1cccc(C(=O)CN2C=CNC2)c1. The number of benzene rings is 1. The van der Waals surface area contributed by atoms with Crippen molar-refractivity contribution in [2.75, 3.05) is 20.3 Å². The van der Waals surface area contributed by atoms with Crippen LogP contribution >= 0.6 is 0 Å². The number of rotatable bonds is 4. The molecule has 2 rings (SSSR count). The van der Waals surface area contributed by atoms with Crippen LogP contribution in [0.15, 0.2) is 36.7 Å². The summed E-state index contributed by atoms with van der Waals surface area (Å²) in [6, 6.07) is 7.21. The monoisotopic (exact) mass is 218 g/mol. The molecule has 0 saturated carbocycles. The molecule has 0 atom stereocenters. The van der Waals surface area contributed by atoms with E-state index in [-0.39, 0.29) is 5.78 Å². The second kappa shape index (κ2) is 4.70. The second-order valence-corrected chi connectivity index (χ2v) is 3.58. The van der Waals surface area contributed by atoms with Crippen LogP contribution < -0.4 is 10.1 Å². The first-order valence-corrected chi connectivity index (χ1v) is 5.11. The highest BCUT2D eigenvalue weighted by Gasteiger charge is 2.11. The third kappa shape index (κ3) is 2.34. The number of hydrogen-bond acceptors (Lipinski definition) is 4. The fraction of sp³-hybridized carbons (Fsp3) is 0.250. The van der Waals surface area contributed by atoms with Gasteiger partial charge in [-0.3, -0.25) is 4.79 Å². The molecule has 1 N–H and O–H groups in total. The van der Waals surface area contributed by atoms with E-state index in [2.05, 4.69) is 5.32 Å². The van der Waals surface area contributed by atoms with Gasteiger partial charge in [-0.15, -0.1) is 0 Å². The number of ketones is 1. The zero-order valence-electron chi connectivity index (χ0n) is 9.14. The minimum atomic E-state index is 0.0900. The lowest BCUT2D eigenvalue weighted by molar-refractivity contribution is 0.0957. The average Bonchev–Trinajstić information content (AvgIpc) is 2.82. The van der Waals surface area contributed by atoms with Gasteiger partial charge in [-0.1, -0.05) is 12.1 Å². The van der Waals surface area contributed by atoms with Crippen molar-refractivity contribution >= 4 is 5.78 Å². The zero-order chi connectivity index (χ0) is 11.4. The fourth-order valence-corrected chi connectivity index (χ4v) is 1.56. The first kappa shape index (κ1) is 10.5. The van der Waals surface area contributed by atoms with Gasteiger partial charge in [0.05, 0.1) is 20.3 Å². The molecule has 84 valence electrons. The van der Waals surface area contributed by atoms with E-state index in [1.807, 2.05) is 29.4 Å². The maximum atomic E-state index is 11.9. The summed E-state index contributed by atoms with van der Waals surface area (Å²) in [7, 11) is 1.59. The predicted molar refractivity (Wildman–Crippen MR) is 61.2 cm³/mol. The Kier molecular flexibility index (Phi) is 3.10.